The molecule has 3 amide bonds. The Morgan fingerprint density at radius 2 is 2.08 bits per heavy atom. The first kappa shape index (κ1) is 18.8. The molecule has 2 aliphatic heterocycles. The Labute approximate surface area is 159 Å². The zero-order valence-electron chi connectivity index (χ0n) is 14.0. The third-order valence-electron chi connectivity index (χ3n) is 3.99. The van der Waals surface area contributed by atoms with Crippen molar-refractivity contribution in [1.29, 1.82) is 0 Å². The number of methoxy groups -OCH3 is 1. The highest BCUT2D eigenvalue weighted by molar-refractivity contribution is 8.18. The number of hydrogen-bond acceptors (Lipinski definition) is 7. The molecule has 7 nitrogen and oxygen atoms in total. The number of nitrogens with zero attached hydrogens (tertiary/aromatic N) is 1. The van der Waals surface area contributed by atoms with E-state index in [4.69, 9.17) is 4.74 Å². The van der Waals surface area contributed by atoms with E-state index in [2.05, 4.69) is 5.32 Å². The minimum atomic E-state index is -0.603. The number of hydrogen-bond donors (Lipinski definition) is 2. The van der Waals surface area contributed by atoms with Crippen molar-refractivity contribution in [2.24, 2.45) is 0 Å². The van der Waals surface area contributed by atoms with Crippen LogP contribution in [0.4, 0.5) is 4.79 Å². The lowest BCUT2D eigenvalue weighted by atomic mass is 10.2. The van der Waals surface area contributed by atoms with Crippen molar-refractivity contribution in [3.05, 3.63) is 34.7 Å². The molecule has 2 atom stereocenters. The number of carbonyl (C=O) groups excluding carboxylic acids is 3. The second kappa shape index (κ2) is 8.15. The minimum absolute atomic E-state index is 0.268. The third-order valence-corrected chi connectivity index (χ3v) is 6.07. The van der Waals surface area contributed by atoms with Crippen LogP contribution in [0.3, 0.4) is 0 Å². The molecule has 2 aliphatic rings. The molecule has 3 rings (SSSR count). The molecule has 0 bridgehead atoms. The molecule has 0 spiro atoms. The number of carbonyl (C=O) groups is 3. The molecule has 0 aliphatic carbocycles. The maximum atomic E-state index is 12.4. The Morgan fingerprint density at radius 3 is 2.69 bits per heavy atom. The summed E-state index contributed by atoms with van der Waals surface area (Å²) < 4.78 is 5.08. The molecule has 2 saturated heterocycles. The van der Waals surface area contributed by atoms with E-state index in [1.54, 1.807) is 49.2 Å². The van der Waals surface area contributed by atoms with Crippen molar-refractivity contribution >= 4 is 46.7 Å². The van der Waals surface area contributed by atoms with Gasteiger partial charge in [0.2, 0.25) is 5.91 Å². The number of nitrogens with one attached hydrogen (secondary N) is 1. The van der Waals surface area contributed by atoms with Crippen LogP contribution in [0.1, 0.15) is 5.56 Å². The Morgan fingerprint density at radius 1 is 1.35 bits per heavy atom. The number of aliphatic hydroxyl groups is 1. The van der Waals surface area contributed by atoms with Gasteiger partial charge in [0.1, 0.15) is 12.3 Å². The van der Waals surface area contributed by atoms with Crippen LogP contribution < -0.4 is 10.1 Å². The predicted molar refractivity (Wildman–Crippen MR) is 101 cm³/mol. The quantitative estimate of drug-likeness (QED) is 0.727. The number of thioether (sulfide) groups is 2. The predicted octanol–water partition coefficient (Wildman–Crippen LogP) is 1.32. The number of rotatable bonds is 5. The molecule has 1 aromatic rings. The van der Waals surface area contributed by atoms with Crippen LogP contribution in [0.25, 0.3) is 6.08 Å². The van der Waals surface area contributed by atoms with Gasteiger partial charge in [0.25, 0.3) is 11.1 Å². The van der Waals surface area contributed by atoms with Gasteiger partial charge in [-0.15, -0.1) is 0 Å². The Kier molecular flexibility index (Phi) is 5.90. The van der Waals surface area contributed by atoms with E-state index in [9.17, 15) is 19.5 Å². The summed E-state index contributed by atoms with van der Waals surface area (Å²) in [6, 6.07) is 6.72. The highest BCUT2D eigenvalue weighted by atomic mass is 32.2. The van der Waals surface area contributed by atoms with Gasteiger partial charge in [-0.1, -0.05) is 12.1 Å². The highest BCUT2D eigenvalue weighted by Crippen LogP contribution is 2.32. The molecule has 1 aromatic carbocycles. The first-order valence-electron chi connectivity index (χ1n) is 7.92. The van der Waals surface area contributed by atoms with E-state index in [0.717, 1.165) is 22.2 Å². The van der Waals surface area contributed by atoms with Crippen molar-refractivity contribution in [3.63, 3.8) is 0 Å². The second-order valence-corrected chi connectivity index (χ2v) is 7.89. The molecule has 0 aromatic heterocycles. The largest absolute Gasteiger partial charge is 0.497 e. The van der Waals surface area contributed by atoms with Gasteiger partial charge < -0.3 is 15.2 Å². The van der Waals surface area contributed by atoms with Crippen LogP contribution in [0, 0.1) is 0 Å². The number of amides is 3. The number of aliphatic hydroxyl groups excluding tert-OH is 1. The maximum absolute atomic E-state index is 12.4. The first-order valence-corrected chi connectivity index (χ1v) is 9.89. The molecule has 0 radical (unpaired) electrons. The molecular weight excluding hydrogens is 376 g/mol. The van der Waals surface area contributed by atoms with Crippen molar-refractivity contribution in [2.75, 3.05) is 25.2 Å². The van der Waals surface area contributed by atoms with Crippen molar-refractivity contribution < 1.29 is 24.2 Å². The molecule has 2 N–H and O–H groups in total. The molecule has 0 unspecified atom stereocenters. The smallest absolute Gasteiger partial charge is 0.294 e. The van der Waals surface area contributed by atoms with Gasteiger partial charge in [0.05, 0.1) is 24.2 Å². The summed E-state index contributed by atoms with van der Waals surface area (Å²) in [7, 11) is 1.56. The van der Waals surface area contributed by atoms with Crippen LogP contribution >= 0.6 is 23.5 Å². The van der Waals surface area contributed by atoms with Gasteiger partial charge in [-0.3, -0.25) is 19.3 Å². The average Bonchev–Trinajstić information content (AvgIpc) is 3.14. The van der Waals surface area contributed by atoms with Gasteiger partial charge >= 0.3 is 0 Å². The summed E-state index contributed by atoms with van der Waals surface area (Å²) in [6.07, 6.45) is 1.01. The molecule has 2 fully saturated rings. The lowest BCUT2D eigenvalue weighted by Gasteiger charge is -2.18. The van der Waals surface area contributed by atoms with E-state index in [1.807, 2.05) is 0 Å². The normalized spacial score (nSPS) is 24.4. The van der Waals surface area contributed by atoms with Crippen molar-refractivity contribution in [3.8, 4) is 5.75 Å². The summed E-state index contributed by atoms with van der Waals surface area (Å²) in [5.41, 5.74) is 0.756. The lowest BCUT2D eigenvalue weighted by Crippen LogP contribution is -2.47. The molecule has 138 valence electrons. The zero-order valence-corrected chi connectivity index (χ0v) is 15.6. The van der Waals surface area contributed by atoms with E-state index in [-0.39, 0.29) is 17.5 Å². The van der Waals surface area contributed by atoms with Gasteiger partial charge in [-0.05, 0) is 35.5 Å². The van der Waals surface area contributed by atoms with Crippen LogP contribution in [0.2, 0.25) is 0 Å². The summed E-state index contributed by atoms with van der Waals surface area (Å²) in [5.74, 6) is 0.930. The molecule has 9 heteroatoms. The molecular formula is C17H18N2O5S2. The van der Waals surface area contributed by atoms with E-state index < -0.39 is 23.2 Å². The Hall–Kier alpha value is -1.97. The van der Waals surface area contributed by atoms with Gasteiger partial charge in [0, 0.05) is 11.5 Å². The van der Waals surface area contributed by atoms with Gasteiger partial charge in [-0.2, -0.15) is 11.8 Å². The standard InChI is InChI=1S/C17H18N2O5S2/c1-24-11-4-2-10(3-5-11)6-14-16(22)19(17(23)26-14)7-15(21)18-12-8-25-9-13(12)20/h2-6,12-13,20H,7-9H2,1H3,(H,18,21)/b14-6-/t12-,13+/m0/s1. The fourth-order valence-electron chi connectivity index (χ4n) is 2.56. The van der Waals surface area contributed by atoms with Crippen LogP contribution in [0.15, 0.2) is 29.2 Å². The highest BCUT2D eigenvalue weighted by Gasteiger charge is 2.37. The molecule has 2 heterocycles. The zero-order chi connectivity index (χ0) is 18.7. The average molecular weight is 394 g/mol. The monoisotopic (exact) mass is 394 g/mol. The van der Waals surface area contributed by atoms with E-state index in [1.165, 1.54) is 0 Å². The second-order valence-electron chi connectivity index (χ2n) is 5.82. The van der Waals surface area contributed by atoms with Crippen LogP contribution in [0.5, 0.6) is 5.75 Å². The third kappa shape index (κ3) is 4.22. The van der Waals surface area contributed by atoms with Gasteiger partial charge in [-0.25, -0.2) is 0 Å². The number of benzene rings is 1. The summed E-state index contributed by atoms with van der Waals surface area (Å²) in [4.78, 5) is 37.8. The Bertz CT molecular complexity index is 750. The van der Waals surface area contributed by atoms with E-state index >= 15 is 0 Å². The lowest BCUT2D eigenvalue weighted by molar-refractivity contribution is -0.129. The summed E-state index contributed by atoms with van der Waals surface area (Å²) in [5, 5.41) is 11.9. The topological polar surface area (TPSA) is 95.9 Å². The fourth-order valence-corrected chi connectivity index (χ4v) is 4.57. The van der Waals surface area contributed by atoms with Crippen molar-refractivity contribution in [1.82, 2.24) is 10.2 Å². The number of imide groups is 1. The van der Waals surface area contributed by atoms with Gasteiger partial charge in [0.15, 0.2) is 0 Å². The molecule has 0 saturated carbocycles. The number of ether oxygens (including phenoxy) is 1. The van der Waals surface area contributed by atoms with E-state index in [0.29, 0.717) is 17.3 Å². The minimum Gasteiger partial charge on any atom is -0.497 e. The van der Waals surface area contributed by atoms with Crippen LogP contribution in [-0.2, 0) is 9.59 Å². The van der Waals surface area contributed by atoms with Crippen molar-refractivity contribution in [2.45, 2.75) is 12.1 Å². The van der Waals surface area contributed by atoms with Crippen LogP contribution in [-0.4, -0.2) is 64.4 Å². The maximum Gasteiger partial charge on any atom is 0.294 e. The summed E-state index contributed by atoms with van der Waals surface area (Å²) >= 11 is 2.35. The fraction of sp³-hybridized carbons (Fsp3) is 0.353. The SMILES string of the molecule is COc1ccc(/C=C2\SC(=O)N(CC(=O)N[C@H]3CSC[C@H]3O)C2=O)cc1. The Balaban J connectivity index is 1.64. The molecule has 26 heavy (non-hydrogen) atoms. The summed E-state index contributed by atoms with van der Waals surface area (Å²) in [6.45, 7) is -0.349. The first-order chi connectivity index (χ1) is 12.5.